The molecule has 1 unspecified atom stereocenters. The Morgan fingerprint density at radius 3 is 3.00 bits per heavy atom. The molecule has 1 aromatic rings. The summed E-state index contributed by atoms with van der Waals surface area (Å²) in [6.45, 7) is 5.22. The topological polar surface area (TPSA) is 21.3 Å². The molecule has 2 nitrogen and oxygen atoms in total. The fourth-order valence-electron chi connectivity index (χ4n) is 2.10. The highest BCUT2D eigenvalue weighted by atomic mass is 16.5. The fraction of sp³-hybridized carbons (Fsp3) is 0.500. The molecule has 2 heteroatoms. The Bertz CT molecular complexity index is 398. The first-order chi connectivity index (χ1) is 8.74. The van der Waals surface area contributed by atoms with Crippen LogP contribution in [0.3, 0.4) is 0 Å². The largest absolute Gasteiger partial charge is 0.486 e. The molecule has 1 N–H and O–H groups in total. The van der Waals surface area contributed by atoms with E-state index in [0.29, 0.717) is 6.04 Å². The van der Waals surface area contributed by atoms with Gasteiger partial charge in [0.2, 0.25) is 0 Å². The SMILES string of the molecule is CC(C)NCc1cccc(OC2C=CCCC2)c1. The third kappa shape index (κ3) is 4.19. The second-order valence-electron chi connectivity index (χ2n) is 5.20. The van der Waals surface area contributed by atoms with Crippen LogP contribution in [0.5, 0.6) is 5.75 Å². The molecule has 0 radical (unpaired) electrons. The summed E-state index contributed by atoms with van der Waals surface area (Å²) in [7, 11) is 0. The second kappa shape index (κ2) is 6.60. The Morgan fingerprint density at radius 2 is 2.28 bits per heavy atom. The molecular weight excluding hydrogens is 222 g/mol. The van der Waals surface area contributed by atoms with Gasteiger partial charge >= 0.3 is 0 Å². The van der Waals surface area contributed by atoms with Crippen LogP contribution in [0.15, 0.2) is 36.4 Å². The van der Waals surface area contributed by atoms with Crippen LogP contribution >= 0.6 is 0 Å². The van der Waals surface area contributed by atoms with Crippen LogP contribution in [0.4, 0.5) is 0 Å². The Balaban J connectivity index is 1.93. The summed E-state index contributed by atoms with van der Waals surface area (Å²) in [5.41, 5.74) is 1.28. The monoisotopic (exact) mass is 245 g/mol. The van der Waals surface area contributed by atoms with Crippen molar-refractivity contribution in [2.75, 3.05) is 0 Å². The first-order valence-corrected chi connectivity index (χ1v) is 6.89. The molecule has 0 fully saturated rings. The van der Waals surface area contributed by atoms with Gasteiger partial charge in [-0.1, -0.05) is 32.1 Å². The van der Waals surface area contributed by atoms with Gasteiger partial charge in [0.05, 0.1) is 0 Å². The number of allylic oxidation sites excluding steroid dienone is 1. The molecule has 1 aliphatic rings. The molecule has 98 valence electrons. The molecule has 0 saturated carbocycles. The molecule has 1 aromatic carbocycles. The van der Waals surface area contributed by atoms with E-state index >= 15 is 0 Å². The molecule has 0 spiro atoms. The zero-order valence-corrected chi connectivity index (χ0v) is 11.4. The van der Waals surface area contributed by atoms with Crippen molar-refractivity contribution >= 4 is 0 Å². The van der Waals surface area contributed by atoms with Crippen LogP contribution in [0.25, 0.3) is 0 Å². The Hall–Kier alpha value is -1.28. The predicted octanol–water partition coefficient (Wildman–Crippen LogP) is 3.67. The van der Waals surface area contributed by atoms with Crippen LogP contribution in [-0.4, -0.2) is 12.1 Å². The van der Waals surface area contributed by atoms with E-state index < -0.39 is 0 Å². The van der Waals surface area contributed by atoms with Crippen molar-refractivity contribution in [3.05, 3.63) is 42.0 Å². The zero-order chi connectivity index (χ0) is 12.8. The number of hydrogen-bond acceptors (Lipinski definition) is 2. The number of hydrogen-bond donors (Lipinski definition) is 1. The van der Waals surface area contributed by atoms with Gasteiger partial charge in [0, 0.05) is 12.6 Å². The van der Waals surface area contributed by atoms with Crippen molar-refractivity contribution in [1.29, 1.82) is 0 Å². The van der Waals surface area contributed by atoms with Gasteiger partial charge in [-0.15, -0.1) is 0 Å². The highest BCUT2D eigenvalue weighted by Gasteiger charge is 2.09. The summed E-state index contributed by atoms with van der Waals surface area (Å²) in [5, 5.41) is 3.42. The third-order valence-electron chi connectivity index (χ3n) is 3.11. The Labute approximate surface area is 110 Å². The van der Waals surface area contributed by atoms with Crippen molar-refractivity contribution in [1.82, 2.24) is 5.32 Å². The standard InChI is InChI=1S/C16H23NO/c1-13(2)17-12-14-7-6-10-16(11-14)18-15-8-4-3-5-9-15/h4,6-8,10-11,13,15,17H,3,5,9,12H2,1-2H3. The Morgan fingerprint density at radius 1 is 1.39 bits per heavy atom. The van der Waals surface area contributed by atoms with Crippen LogP contribution in [-0.2, 0) is 6.54 Å². The van der Waals surface area contributed by atoms with E-state index in [0.717, 1.165) is 18.7 Å². The van der Waals surface area contributed by atoms with E-state index in [1.807, 2.05) is 6.07 Å². The minimum atomic E-state index is 0.257. The summed E-state index contributed by atoms with van der Waals surface area (Å²) in [6.07, 6.45) is 8.21. The average Bonchev–Trinajstić information content (AvgIpc) is 2.38. The lowest BCUT2D eigenvalue weighted by atomic mass is 10.1. The van der Waals surface area contributed by atoms with Crippen molar-refractivity contribution < 1.29 is 4.74 Å². The minimum Gasteiger partial charge on any atom is -0.486 e. The lowest BCUT2D eigenvalue weighted by Crippen LogP contribution is -2.22. The molecule has 0 aromatic heterocycles. The Kier molecular flexibility index (Phi) is 4.82. The normalized spacial score (nSPS) is 19.2. The van der Waals surface area contributed by atoms with Gasteiger partial charge in [0.25, 0.3) is 0 Å². The summed E-state index contributed by atoms with van der Waals surface area (Å²) in [5.74, 6) is 0.981. The molecule has 2 rings (SSSR count). The molecule has 0 heterocycles. The zero-order valence-electron chi connectivity index (χ0n) is 11.4. The van der Waals surface area contributed by atoms with Gasteiger partial charge in [-0.3, -0.25) is 0 Å². The van der Waals surface area contributed by atoms with Gasteiger partial charge < -0.3 is 10.1 Å². The number of nitrogens with one attached hydrogen (secondary N) is 1. The van der Waals surface area contributed by atoms with Gasteiger partial charge in [0.15, 0.2) is 0 Å². The number of benzene rings is 1. The van der Waals surface area contributed by atoms with E-state index in [1.54, 1.807) is 0 Å². The molecule has 0 amide bonds. The maximum absolute atomic E-state index is 5.99. The van der Waals surface area contributed by atoms with Crippen molar-refractivity contribution in [3.63, 3.8) is 0 Å². The molecule has 0 saturated heterocycles. The van der Waals surface area contributed by atoms with Crippen LogP contribution < -0.4 is 10.1 Å². The van der Waals surface area contributed by atoms with Crippen molar-refractivity contribution in [2.24, 2.45) is 0 Å². The van der Waals surface area contributed by atoms with Gasteiger partial charge in [-0.25, -0.2) is 0 Å². The molecule has 0 bridgehead atoms. The molecule has 1 atom stereocenters. The van der Waals surface area contributed by atoms with E-state index in [1.165, 1.54) is 18.4 Å². The maximum atomic E-state index is 5.99. The van der Waals surface area contributed by atoms with E-state index in [4.69, 9.17) is 4.74 Å². The van der Waals surface area contributed by atoms with E-state index in [9.17, 15) is 0 Å². The van der Waals surface area contributed by atoms with E-state index in [-0.39, 0.29) is 6.10 Å². The lowest BCUT2D eigenvalue weighted by molar-refractivity contribution is 0.229. The highest BCUT2D eigenvalue weighted by molar-refractivity contribution is 5.29. The summed E-state index contributed by atoms with van der Waals surface area (Å²) in [4.78, 5) is 0. The van der Waals surface area contributed by atoms with Gasteiger partial charge in [-0.05, 0) is 43.0 Å². The first kappa shape index (κ1) is 13.2. The van der Waals surface area contributed by atoms with Crippen molar-refractivity contribution in [2.45, 2.75) is 51.8 Å². The predicted molar refractivity (Wildman–Crippen MR) is 75.8 cm³/mol. The summed E-state index contributed by atoms with van der Waals surface area (Å²) in [6, 6.07) is 8.90. The highest BCUT2D eigenvalue weighted by Crippen LogP contribution is 2.20. The molecule has 18 heavy (non-hydrogen) atoms. The fourth-order valence-corrected chi connectivity index (χ4v) is 2.10. The lowest BCUT2D eigenvalue weighted by Gasteiger charge is -2.19. The minimum absolute atomic E-state index is 0.257. The average molecular weight is 245 g/mol. The quantitative estimate of drug-likeness (QED) is 0.799. The van der Waals surface area contributed by atoms with Crippen LogP contribution in [0.2, 0.25) is 0 Å². The second-order valence-corrected chi connectivity index (χ2v) is 5.20. The molecular formula is C16H23NO. The van der Waals surface area contributed by atoms with E-state index in [2.05, 4.69) is 49.5 Å². The first-order valence-electron chi connectivity index (χ1n) is 6.89. The smallest absolute Gasteiger partial charge is 0.120 e. The molecule has 1 aliphatic carbocycles. The molecule has 0 aliphatic heterocycles. The van der Waals surface area contributed by atoms with Crippen molar-refractivity contribution in [3.8, 4) is 5.75 Å². The summed E-state index contributed by atoms with van der Waals surface area (Å²) >= 11 is 0. The van der Waals surface area contributed by atoms with Gasteiger partial charge in [-0.2, -0.15) is 0 Å². The van der Waals surface area contributed by atoms with Gasteiger partial charge in [0.1, 0.15) is 11.9 Å². The number of rotatable bonds is 5. The maximum Gasteiger partial charge on any atom is 0.120 e. The van der Waals surface area contributed by atoms with Crippen LogP contribution in [0.1, 0.15) is 38.7 Å². The summed E-state index contributed by atoms with van der Waals surface area (Å²) < 4.78 is 5.99. The third-order valence-corrected chi connectivity index (χ3v) is 3.11. The number of ether oxygens (including phenoxy) is 1. The van der Waals surface area contributed by atoms with Crippen LogP contribution in [0, 0.1) is 0 Å².